The van der Waals surface area contributed by atoms with E-state index in [-0.39, 0.29) is 0 Å². The van der Waals surface area contributed by atoms with Gasteiger partial charge in [-0.05, 0) is 23.4 Å². The molecule has 0 aliphatic heterocycles. The molecule has 0 aliphatic carbocycles. The van der Waals surface area contributed by atoms with Crippen LogP contribution >= 0.6 is 0 Å². The molecule has 0 fully saturated rings. The Balaban J connectivity index is 2.15. The minimum absolute atomic E-state index is 0.479. The van der Waals surface area contributed by atoms with Gasteiger partial charge in [0.25, 0.3) is 0 Å². The fourth-order valence-electron chi connectivity index (χ4n) is 2.27. The number of rotatable bonds is 6. The first-order chi connectivity index (χ1) is 9.22. The summed E-state index contributed by atoms with van der Waals surface area (Å²) >= 11 is 0. The zero-order valence-corrected chi connectivity index (χ0v) is 11.5. The highest BCUT2D eigenvalue weighted by Crippen LogP contribution is 2.24. The van der Waals surface area contributed by atoms with Crippen molar-refractivity contribution >= 4 is 10.8 Å². The number of benzene rings is 2. The Labute approximate surface area is 114 Å². The van der Waals surface area contributed by atoms with Gasteiger partial charge in [-0.2, -0.15) is 0 Å². The number of fused-ring (bicyclic) bond motifs is 1. The maximum Gasteiger partial charge on any atom is 0.0922 e. The van der Waals surface area contributed by atoms with Gasteiger partial charge in [-0.1, -0.05) is 42.5 Å². The standard InChI is InChI=1S/C16H21NO2/c1-17(10-11-19-2)12-16(18)15-9-5-7-13-6-3-4-8-14(13)15/h3-9,16,18H,10-12H2,1-2H3. The first kappa shape index (κ1) is 14.0. The zero-order chi connectivity index (χ0) is 13.7. The van der Waals surface area contributed by atoms with Crippen molar-refractivity contribution < 1.29 is 9.84 Å². The molecule has 1 atom stereocenters. The van der Waals surface area contributed by atoms with Crippen LogP contribution in [0.5, 0.6) is 0 Å². The van der Waals surface area contributed by atoms with Gasteiger partial charge in [-0.3, -0.25) is 0 Å². The fourth-order valence-corrected chi connectivity index (χ4v) is 2.27. The van der Waals surface area contributed by atoms with Crippen molar-refractivity contribution in [1.29, 1.82) is 0 Å². The topological polar surface area (TPSA) is 32.7 Å². The number of methoxy groups -OCH3 is 1. The largest absolute Gasteiger partial charge is 0.387 e. The normalized spacial score (nSPS) is 13.1. The predicted octanol–water partition coefficient (Wildman–Crippen LogP) is 2.45. The molecule has 0 aliphatic rings. The van der Waals surface area contributed by atoms with Crippen molar-refractivity contribution in [3.8, 4) is 0 Å². The molecule has 3 heteroatoms. The third-order valence-electron chi connectivity index (χ3n) is 3.34. The van der Waals surface area contributed by atoms with Crippen molar-refractivity contribution in [2.75, 3.05) is 33.9 Å². The lowest BCUT2D eigenvalue weighted by Crippen LogP contribution is -2.27. The molecule has 0 saturated carbocycles. The number of ether oxygens (including phenoxy) is 1. The van der Waals surface area contributed by atoms with Crippen LogP contribution in [-0.2, 0) is 4.74 Å². The van der Waals surface area contributed by atoms with Gasteiger partial charge in [0.2, 0.25) is 0 Å². The summed E-state index contributed by atoms with van der Waals surface area (Å²) in [7, 11) is 3.68. The smallest absolute Gasteiger partial charge is 0.0922 e. The number of hydrogen-bond acceptors (Lipinski definition) is 3. The lowest BCUT2D eigenvalue weighted by atomic mass is 10.0. The quantitative estimate of drug-likeness (QED) is 0.865. The summed E-state index contributed by atoms with van der Waals surface area (Å²) in [5.41, 5.74) is 0.988. The molecule has 19 heavy (non-hydrogen) atoms. The molecule has 1 unspecified atom stereocenters. The molecular formula is C16H21NO2. The average molecular weight is 259 g/mol. The van der Waals surface area contributed by atoms with Crippen LogP contribution in [0.4, 0.5) is 0 Å². The van der Waals surface area contributed by atoms with Gasteiger partial charge in [0.15, 0.2) is 0 Å². The molecule has 0 bridgehead atoms. The van der Waals surface area contributed by atoms with Crippen LogP contribution in [0.3, 0.4) is 0 Å². The fraction of sp³-hybridized carbons (Fsp3) is 0.375. The highest BCUT2D eigenvalue weighted by Gasteiger charge is 2.13. The van der Waals surface area contributed by atoms with E-state index < -0.39 is 6.10 Å². The van der Waals surface area contributed by atoms with Crippen LogP contribution in [0, 0.1) is 0 Å². The molecule has 2 aromatic carbocycles. The van der Waals surface area contributed by atoms with Gasteiger partial charge >= 0.3 is 0 Å². The van der Waals surface area contributed by atoms with E-state index in [0.29, 0.717) is 13.2 Å². The van der Waals surface area contributed by atoms with E-state index in [4.69, 9.17) is 4.74 Å². The number of nitrogens with zero attached hydrogens (tertiary/aromatic N) is 1. The molecular weight excluding hydrogens is 238 g/mol. The van der Waals surface area contributed by atoms with Gasteiger partial charge in [-0.15, -0.1) is 0 Å². The molecule has 0 aromatic heterocycles. The summed E-state index contributed by atoms with van der Waals surface area (Å²) in [6, 6.07) is 14.2. The minimum atomic E-state index is -0.479. The second kappa shape index (κ2) is 6.66. The first-order valence-corrected chi connectivity index (χ1v) is 6.55. The van der Waals surface area contributed by atoms with Gasteiger partial charge in [0, 0.05) is 20.2 Å². The maximum atomic E-state index is 10.4. The molecule has 0 heterocycles. The van der Waals surface area contributed by atoms with Crippen molar-refractivity contribution in [2.24, 2.45) is 0 Å². The van der Waals surface area contributed by atoms with Crippen LogP contribution in [0.15, 0.2) is 42.5 Å². The van der Waals surface area contributed by atoms with E-state index in [9.17, 15) is 5.11 Å². The summed E-state index contributed by atoms with van der Waals surface area (Å²) in [4.78, 5) is 2.08. The Morgan fingerprint density at radius 1 is 1.16 bits per heavy atom. The van der Waals surface area contributed by atoms with E-state index in [2.05, 4.69) is 23.1 Å². The van der Waals surface area contributed by atoms with E-state index in [1.807, 2.05) is 31.3 Å². The van der Waals surface area contributed by atoms with E-state index in [1.54, 1.807) is 7.11 Å². The van der Waals surface area contributed by atoms with E-state index in [1.165, 1.54) is 5.39 Å². The second-order valence-electron chi connectivity index (χ2n) is 4.84. The molecule has 0 radical (unpaired) electrons. The highest BCUT2D eigenvalue weighted by atomic mass is 16.5. The number of aliphatic hydroxyl groups excluding tert-OH is 1. The molecule has 0 saturated heterocycles. The summed E-state index contributed by atoms with van der Waals surface area (Å²) < 4.78 is 5.05. The van der Waals surface area contributed by atoms with Crippen molar-refractivity contribution in [3.05, 3.63) is 48.0 Å². The summed E-state index contributed by atoms with van der Waals surface area (Å²) in [6.45, 7) is 2.11. The van der Waals surface area contributed by atoms with Crippen LogP contribution in [0.2, 0.25) is 0 Å². The number of likely N-dealkylation sites (N-methyl/N-ethyl adjacent to an activating group) is 1. The lowest BCUT2D eigenvalue weighted by molar-refractivity contribution is 0.104. The molecule has 2 aromatic rings. The summed E-state index contributed by atoms with van der Waals surface area (Å²) in [6.07, 6.45) is -0.479. The van der Waals surface area contributed by atoms with Crippen molar-refractivity contribution in [2.45, 2.75) is 6.10 Å². The van der Waals surface area contributed by atoms with Crippen LogP contribution < -0.4 is 0 Å². The Morgan fingerprint density at radius 2 is 1.89 bits per heavy atom. The highest BCUT2D eigenvalue weighted by molar-refractivity contribution is 5.85. The monoisotopic (exact) mass is 259 g/mol. The zero-order valence-electron chi connectivity index (χ0n) is 11.5. The Kier molecular flexibility index (Phi) is 4.91. The van der Waals surface area contributed by atoms with Gasteiger partial charge in [0.1, 0.15) is 0 Å². The third-order valence-corrected chi connectivity index (χ3v) is 3.34. The maximum absolute atomic E-state index is 10.4. The molecule has 3 nitrogen and oxygen atoms in total. The Hall–Kier alpha value is -1.42. The Bertz CT molecular complexity index is 522. The molecule has 2 rings (SSSR count). The molecule has 1 N–H and O–H groups in total. The third kappa shape index (κ3) is 3.53. The molecule has 0 amide bonds. The number of hydrogen-bond donors (Lipinski definition) is 1. The van der Waals surface area contributed by atoms with Gasteiger partial charge in [-0.25, -0.2) is 0 Å². The van der Waals surface area contributed by atoms with Crippen molar-refractivity contribution in [1.82, 2.24) is 4.90 Å². The first-order valence-electron chi connectivity index (χ1n) is 6.55. The Morgan fingerprint density at radius 3 is 2.68 bits per heavy atom. The average Bonchev–Trinajstić information content (AvgIpc) is 2.44. The summed E-state index contributed by atoms with van der Waals surface area (Å²) in [5.74, 6) is 0. The van der Waals surface area contributed by atoms with Gasteiger partial charge in [0.05, 0.1) is 12.7 Å². The number of aliphatic hydroxyl groups is 1. The minimum Gasteiger partial charge on any atom is -0.387 e. The molecule has 102 valence electrons. The van der Waals surface area contributed by atoms with Crippen LogP contribution in [0.1, 0.15) is 11.7 Å². The molecule has 0 spiro atoms. The second-order valence-corrected chi connectivity index (χ2v) is 4.84. The lowest BCUT2D eigenvalue weighted by Gasteiger charge is -2.21. The van der Waals surface area contributed by atoms with Crippen LogP contribution in [-0.4, -0.2) is 43.9 Å². The summed E-state index contributed by atoms with van der Waals surface area (Å²) in [5, 5.41) is 12.7. The van der Waals surface area contributed by atoms with Crippen LogP contribution in [0.25, 0.3) is 10.8 Å². The van der Waals surface area contributed by atoms with Gasteiger partial charge < -0.3 is 14.7 Å². The van der Waals surface area contributed by atoms with Crippen molar-refractivity contribution in [3.63, 3.8) is 0 Å². The van der Waals surface area contributed by atoms with E-state index >= 15 is 0 Å². The van der Waals surface area contributed by atoms with E-state index in [0.717, 1.165) is 17.5 Å². The SMILES string of the molecule is COCCN(C)CC(O)c1cccc2ccccc12. The predicted molar refractivity (Wildman–Crippen MR) is 78.3 cm³/mol.